The molecule has 1 N–H and O–H groups in total. The Kier molecular flexibility index (Phi) is 5.07. The average molecular weight is 314 g/mol. The number of nitrogens with zero attached hydrogens (tertiary/aromatic N) is 2. The first-order valence-electron chi connectivity index (χ1n) is 6.84. The zero-order valence-corrected chi connectivity index (χ0v) is 12.1. The fourth-order valence-corrected chi connectivity index (χ4v) is 2.08. The van der Waals surface area contributed by atoms with Crippen molar-refractivity contribution in [1.82, 2.24) is 9.78 Å². The van der Waals surface area contributed by atoms with E-state index in [-0.39, 0.29) is 31.7 Å². The minimum absolute atomic E-state index is 0.00874. The minimum atomic E-state index is -4.52. The van der Waals surface area contributed by atoms with Gasteiger partial charge in [-0.15, -0.1) is 0 Å². The molecule has 0 saturated heterocycles. The van der Waals surface area contributed by atoms with Crippen molar-refractivity contribution >= 4 is 0 Å². The van der Waals surface area contributed by atoms with E-state index in [9.17, 15) is 13.2 Å². The predicted octanol–water partition coefficient (Wildman–Crippen LogP) is 2.82. The summed E-state index contributed by atoms with van der Waals surface area (Å²) in [4.78, 5) is 0. The molecular formula is C15H17F3N2O2. The van der Waals surface area contributed by atoms with E-state index in [1.54, 1.807) is 6.07 Å². The summed E-state index contributed by atoms with van der Waals surface area (Å²) in [6.07, 6.45) is -3.29. The number of benzene rings is 1. The van der Waals surface area contributed by atoms with Crippen molar-refractivity contribution in [3.8, 4) is 5.75 Å². The van der Waals surface area contributed by atoms with E-state index in [2.05, 4.69) is 5.10 Å². The highest BCUT2D eigenvalue weighted by molar-refractivity contribution is 5.27. The summed E-state index contributed by atoms with van der Waals surface area (Å²) in [5, 5.41) is 12.4. The molecule has 0 fully saturated rings. The molecule has 1 aromatic heterocycles. The van der Waals surface area contributed by atoms with Crippen molar-refractivity contribution in [3.63, 3.8) is 0 Å². The zero-order valence-electron chi connectivity index (χ0n) is 12.1. The lowest BCUT2D eigenvalue weighted by atomic mass is 10.2. The number of ether oxygens (including phenoxy) is 1. The lowest BCUT2D eigenvalue weighted by molar-refractivity contribution is -0.142. The first-order chi connectivity index (χ1) is 10.4. The second-order valence-electron chi connectivity index (χ2n) is 4.90. The lowest BCUT2D eigenvalue weighted by Gasteiger charge is -2.07. The smallest absolute Gasteiger partial charge is 0.435 e. The molecule has 0 radical (unpaired) electrons. The van der Waals surface area contributed by atoms with Gasteiger partial charge in [0.05, 0.1) is 6.54 Å². The molecule has 0 saturated carbocycles. The van der Waals surface area contributed by atoms with Crippen LogP contribution in [0, 0.1) is 6.92 Å². The van der Waals surface area contributed by atoms with E-state index >= 15 is 0 Å². The number of hydrogen-bond acceptors (Lipinski definition) is 3. The van der Waals surface area contributed by atoms with Crippen LogP contribution in [0.5, 0.6) is 5.75 Å². The van der Waals surface area contributed by atoms with Crippen LogP contribution in [0.1, 0.15) is 16.8 Å². The van der Waals surface area contributed by atoms with Gasteiger partial charge in [-0.05, 0) is 31.0 Å². The summed E-state index contributed by atoms with van der Waals surface area (Å²) in [6, 6.07) is 7.41. The average Bonchev–Trinajstić information content (AvgIpc) is 2.82. The van der Waals surface area contributed by atoms with Gasteiger partial charge in [0.25, 0.3) is 0 Å². The van der Waals surface area contributed by atoms with Crippen LogP contribution in [0.2, 0.25) is 0 Å². The van der Waals surface area contributed by atoms with Crippen molar-refractivity contribution in [2.75, 3.05) is 13.2 Å². The molecule has 4 nitrogen and oxygen atoms in total. The molecule has 0 bridgehead atoms. The van der Waals surface area contributed by atoms with E-state index in [1.807, 2.05) is 25.1 Å². The molecule has 0 atom stereocenters. The van der Waals surface area contributed by atoms with Crippen LogP contribution in [0.4, 0.5) is 13.2 Å². The minimum Gasteiger partial charge on any atom is -0.492 e. The van der Waals surface area contributed by atoms with E-state index in [4.69, 9.17) is 9.84 Å². The molecule has 0 aliphatic heterocycles. The fourth-order valence-electron chi connectivity index (χ4n) is 2.08. The molecule has 2 rings (SSSR count). The third-order valence-electron chi connectivity index (χ3n) is 3.07. The Morgan fingerprint density at radius 2 is 2.09 bits per heavy atom. The van der Waals surface area contributed by atoms with Gasteiger partial charge in [0.2, 0.25) is 0 Å². The summed E-state index contributed by atoms with van der Waals surface area (Å²) >= 11 is 0. The Morgan fingerprint density at radius 1 is 1.32 bits per heavy atom. The molecule has 120 valence electrons. The van der Waals surface area contributed by atoms with E-state index in [0.29, 0.717) is 5.75 Å². The van der Waals surface area contributed by atoms with Crippen LogP contribution in [0.15, 0.2) is 30.5 Å². The van der Waals surface area contributed by atoms with Gasteiger partial charge >= 0.3 is 6.18 Å². The highest BCUT2D eigenvalue weighted by atomic mass is 19.4. The van der Waals surface area contributed by atoms with E-state index in [0.717, 1.165) is 5.56 Å². The number of aliphatic hydroxyl groups is 1. The van der Waals surface area contributed by atoms with Gasteiger partial charge < -0.3 is 9.84 Å². The normalized spacial score (nSPS) is 11.7. The molecule has 1 heterocycles. The number of halogens is 3. The van der Waals surface area contributed by atoms with Crippen molar-refractivity contribution in [2.45, 2.75) is 26.1 Å². The topological polar surface area (TPSA) is 47.3 Å². The summed E-state index contributed by atoms with van der Waals surface area (Å²) in [6.45, 7) is 1.98. The number of aromatic nitrogens is 2. The van der Waals surface area contributed by atoms with Crippen LogP contribution in [0.25, 0.3) is 0 Å². The molecular weight excluding hydrogens is 297 g/mol. The highest BCUT2D eigenvalue weighted by Gasteiger charge is 2.36. The Morgan fingerprint density at radius 3 is 2.73 bits per heavy atom. The van der Waals surface area contributed by atoms with Crippen LogP contribution < -0.4 is 4.74 Å². The predicted molar refractivity (Wildman–Crippen MR) is 74.7 cm³/mol. The Hall–Kier alpha value is -2.02. The molecule has 0 amide bonds. The third kappa shape index (κ3) is 4.24. The number of aryl methyl sites for hydroxylation is 1. The maximum atomic E-state index is 12.8. The third-order valence-corrected chi connectivity index (χ3v) is 3.07. The first-order valence-corrected chi connectivity index (χ1v) is 6.84. The van der Waals surface area contributed by atoms with Crippen LogP contribution in [-0.2, 0) is 19.1 Å². The summed E-state index contributed by atoms with van der Waals surface area (Å²) in [5.74, 6) is 0.666. The summed E-state index contributed by atoms with van der Waals surface area (Å²) < 4.78 is 45.2. The van der Waals surface area contributed by atoms with Crippen LogP contribution in [0.3, 0.4) is 0 Å². The van der Waals surface area contributed by atoms with Gasteiger partial charge in [0.1, 0.15) is 12.4 Å². The first kappa shape index (κ1) is 16.4. The van der Waals surface area contributed by atoms with Gasteiger partial charge in [0.15, 0.2) is 5.69 Å². The monoisotopic (exact) mass is 314 g/mol. The number of alkyl halides is 3. The van der Waals surface area contributed by atoms with Gasteiger partial charge in [-0.1, -0.05) is 12.1 Å². The van der Waals surface area contributed by atoms with Crippen molar-refractivity contribution in [1.29, 1.82) is 0 Å². The molecule has 1 aromatic carbocycles. The van der Waals surface area contributed by atoms with Gasteiger partial charge in [-0.2, -0.15) is 18.3 Å². The molecule has 22 heavy (non-hydrogen) atoms. The maximum absolute atomic E-state index is 12.8. The maximum Gasteiger partial charge on any atom is 0.435 e. The summed E-state index contributed by atoms with van der Waals surface area (Å²) in [7, 11) is 0. The molecule has 0 aliphatic rings. The standard InChI is InChI=1S/C15H17F3N2O2/c1-11-3-2-4-13(9-11)22-8-6-20-10-12(5-7-21)14(19-20)15(16,17)18/h2-4,9-10,21H,5-8H2,1H3. The Bertz CT molecular complexity index is 623. The SMILES string of the molecule is Cc1cccc(OCCn2cc(CCO)c(C(F)(F)F)n2)c1. The quantitative estimate of drug-likeness (QED) is 0.892. The second kappa shape index (κ2) is 6.83. The lowest BCUT2D eigenvalue weighted by Crippen LogP contribution is -2.12. The Labute approximate surface area is 126 Å². The fraction of sp³-hybridized carbons (Fsp3) is 0.400. The number of hydrogen-bond donors (Lipinski definition) is 1. The van der Waals surface area contributed by atoms with Gasteiger partial charge in [-0.3, -0.25) is 4.68 Å². The van der Waals surface area contributed by atoms with Gasteiger partial charge in [-0.25, -0.2) is 0 Å². The summed E-state index contributed by atoms with van der Waals surface area (Å²) in [5.41, 5.74) is 0.0869. The number of rotatable bonds is 6. The van der Waals surface area contributed by atoms with Crippen molar-refractivity contribution < 1.29 is 23.0 Å². The van der Waals surface area contributed by atoms with Gasteiger partial charge in [0, 0.05) is 18.4 Å². The number of aliphatic hydroxyl groups excluding tert-OH is 1. The molecule has 2 aromatic rings. The van der Waals surface area contributed by atoms with Crippen molar-refractivity contribution in [3.05, 3.63) is 47.3 Å². The van der Waals surface area contributed by atoms with Crippen LogP contribution >= 0.6 is 0 Å². The highest BCUT2D eigenvalue weighted by Crippen LogP contribution is 2.30. The van der Waals surface area contributed by atoms with E-state index in [1.165, 1.54) is 10.9 Å². The Balaban J connectivity index is 2.01. The molecule has 7 heteroatoms. The molecule has 0 aliphatic carbocycles. The molecule has 0 spiro atoms. The zero-order chi connectivity index (χ0) is 16.2. The molecule has 0 unspecified atom stereocenters. The van der Waals surface area contributed by atoms with E-state index < -0.39 is 11.9 Å². The van der Waals surface area contributed by atoms with Crippen LogP contribution in [-0.4, -0.2) is 28.1 Å². The van der Waals surface area contributed by atoms with Crippen molar-refractivity contribution in [2.24, 2.45) is 0 Å². The largest absolute Gasteiger partial charge is 0.492 e. The second-order valence-corrected chi connectivity index (χ2v) is 4.90.